The van der Waals surface area contributed by atoms with Gasteiger partial charge in [0.1, 0.15) is 5.82 Å². The number of benzene rings is 1. The molecule has 2 aromatic rings. The largest absolute Gasteiger partial charge is 0.382 e. The number of amides is 1. The second-order valence-corrected chi connectivity index (χ2v) is 6.64. The van der Waals surface area contributed by atoms with E-state index in [9.17, 15) is 9.18 Å². The average molecular weight is 348 g/mol. The predicted molar refractivity (Wildman–Crippen MR) is 88.0 cm³/mol. The van der Waals surface area contributed by atoms with Crippen molar-refractivity contribution in [3.63, 3.8) is 0 Å². The van der Waals surface area contributed by atoms with E-state index in [1.807, 2.05) is 13.8 Å². The summed E-state index contributed by atoms with van der Waals surface area (Å²) >= 11 is 0. The van der Waals surface area contributed by atoms with Gasteiger partial charge in [0.2, 0.25) is 0 Å². The number of nitrogens with zero attached hydrogens (tertiary/aromatic N) is 4. The zero-order valence-electron chi connectivity index (χ0n) is 14.5. The lowest BCUT2D eigenvalue weighted by Crippen LogP contribution is -2.55. The lowest BCUT2D eigenvalue weighted by atomic mass is 10.0. The predicted octanol–water partition coefficient (Wildman–Crippen LogP) is 1.67. The number of hydrogen-bond donors (Lipinski definition) is 0. The summed E-state index contributed by atoms with van der Waals surface area (Å²) in [5.41, 5.74) is 0.350. The van der Waals surface area contributed by atoms with E-state index in [-0.39, 0.29) is 23.5 Å². The summed E-state index contributed by atoms with van der Waals surface area (Å²) in [6.07, 6.45) is 1.23. The van der Waals surface area contributed by atoms with Gasteiger partial charge in [-0.15, -0.1) is 5.10 Å². The maximum Gasteiger partial charge on any atom is 0.276 e. The van der Waals surface area contributed by atoms with Crippen LogP contribution < -0.4 is 0 Å². The maximum absolute atomic E-state index is 13.0. The van der Waals surface area contributed by atoms with Crippen LogP contribution in [0.1, 0.15) is 24.3 Å². The molecule has 25 heavy (non-hydrogen) atoms. The molecule has 2 heterocycles. The molecule has 1 aromatic heterocycles. The first-order valence-corrected chi connectivity index (χ1v) is 8.02. The van der Waals surface area contributed by atoms with Crippen LogP contribution in [0.15, 0.2) is 30.5 Å². The lowest BCUT2D eigenvalue weighted by molar-refractivity contribution is -0.143. The molecule has 0 bridgehead atoms. The number of rotatable bonds is 4. The van der Waals surface area contributed by atoms with E-state index in [0.717, 1.165) is 0 Å². The molecule has 8 heteroatoms. The van der Waals surface area contributed by atoms with E-state index in [4.69, 9.17) is 9.47 Å². The molecule has 1 atom stereocenters. The van der Waals surface area contributed by atoms with Crippen LogP contribution in [0.2, 0.25) is 0 Å². The molecule has 7 nitrogen and oxygen atoms in total. The number of carbonyl (C=O) groups is 1. The van der Waals surface area contributed by atoms with Gasteiger partial charge in [-0.3, -0.25) is 4.79 Å². The molecule has 1 aromatic carbocycles. The van der Waals surface area contributed by atoms with Gasteiger partial charge in [0.05, 0.1) is 30.2 Å². The Kier molecular flexibility index (Phi) is 4.82. The maximum atomic E-state index is 13.0. The van der Waals surface area contributed by atoms with Crippen LogP contribution in [0.3, 0.4) is 0 Å². The van der Waals surface area contributed by atoms with Crippen molar-refractivity contribution in [1.82, 2.24) is 19.9 Å². The minimum atomic E-state index is -0.468. The van der Waals surface area contributed by atoms with Gasteiger partial charge >= 0.3 is 0 Å². The first-order chi connectivity index (χ1) is 11.9. The minimum absolute atomic E-state index is 0.190. The fraction of sp³-hybridized carbons (Fsp3) is 0.471. The SMILES string of the molecule is COCC1CN(C(=O)c2cnn(-c3ccc(F)cc3)n2)CC(C)(C)O1. The number of ether oxygens (including phenoxy) is 2. The molecule has 134 valence electrons. The third-order valence-electron chi connectivity index (χ3n) is 3.89. The summed E-state index contributed by atoms with van der Waals surface area (Å²) < 4.78 is 24.1. The highest BCUT2D eigenvalue weighted by molar-refractivity contribution is 5.92. The van der Waals surface area contributed by atoms with Crippen LogP contribution in [0.25, 0.3) is 5.69 Å². The van der Waals surface area contributed by atoms with Crippen LogP contribution in [-0.4, -0.2) is 64.3 Å². The van der Waals surface area contributed by atoms with Gasteiger partial charge in [0.15, 0.2) is 5.69 Å². The summed E-state index contributed by atoms with van der Waals surface area (Å²) in [6, 6.07) is 5.74. The van der Waals surface area contributed by atoms with Gasteiger partial charge in [-0.1, -0.05) is 0 Å². The molecule has 1 fully saturated rings. The quantitative estimate of drug-likeness (QED) is 0.841. The van der Waals surface area contributed by atoms with E-state index >= 15 is 0 Å². The Labute approximate surface area is 145 Å². The van der Waals surface area contributed by atoms with Crippen molar-refractivity contribution in [3.05, 3.63) is 42.0 Å². The molecule has 0 radical (unpaired) electrons. The van der Waals surface area contributed by atoms with E-state index in [2.05, 4.69) is 10.2 Å². The Morgan fingerprint density at radius 1 is 1.40 bits per heavy atom. The first-order valence-electron chi connectivity index (χ1n) is 8.02. The highest BCUT2D eigenvalue weighted by Crippen LogP contribution is 2.22. The van der Waals surface area contributed by atoms with Crippen molar-refractivity contribution in [2.75, 3.05) is 26.8 Å². The van der Waals surface area contributed by atoms with Gasteiger partial charge in [-0.2, -0.15) is 9.90 Å². The normalized spacial score (nSPS) is 19.8. The van der Waals surface area contributed by atoms with E-state index in [1.54, 1.807) is 24.1 Å². The summed E-state index contributed by atoms with van der Waals surface area (Å²) in [5, 5.41) is 8.33. The molecule has 0 spiro atoms. The van der Waals surface area contributed by atoms with E-state index < -0.39 is 5.60 Å². The fourth-order valence-corrected chi connectivity index (χ4v) is 2.94. The van der Waals surface area contributed by atoms with Crippen LogP contribution in [0, 0.1) is 5.82 Å². The summed E-state index contributed by atoms with van der Waals surface area (Å²) in [4.78, 5) is 15.8. The van der Waals surface area contributed by atoms with Crippen LogP contribution in [0.5, 0.6) is 0 Å². The second-order valence-electron chi connectivity index (χ2n) is 6.64. The van der Waals surface area contributed by atoms with Gasteiger partial charge in [0, 0.05) is 20.2 Å². The van der Waals surface area contributed by atoms with Gasteiger partial charge in [0.25, 0.3) is 5.91 Å². The number of aromatic nitrogens is 3. The summed E-state index contributed by atoms with van der Waals surface area (Å²) in [5.74, 6) is -0.558. The van der Waals surface area contributed by atoms with Crippen molar-refractivity contribution >= 4 is 5.91 Å². The molecule has 0 N–H and O–H groups in total. The molecule has 1 aliphatic heterocycles. The summed E-state index contributed by atoms with van der Waals surface area (Å²) in [7, 11) is 1.60. The molecule has 1 aliphatic rings. The molecular formula is C17H21FN4O3. The Hall–Kier alpha value is -2.32. The highest BCUT2D eigenvalue weighted by atomic mass is 19.1. The molecule has 0 saturated carbocycles. The molecule has 3 rings (SSSR count). The minimum Gasteiger partial charge on any atom is -0.382 e. The van der Waals surface area contributed by atoms with Crippen molar-refractivity contribution in [3.8, 4) is 5.69 Å². The molecule has 0 aliphatic carbocycles. The van der Waals surface area contributed by atoms with Crippen molar-refractivity contribution in [2.24, 2.45) is 0 Å². The topological polar surface area (TPSA) is 69.5 Å². The number of hydrogen-bond acceptors (Lipinski definition) is 5. The monoisotopic (exact) mass is 348 g/mol. The Balaban J connectivity index is 1.77. The molecule has 1 amide bonds. The molecular weight excluding hydrogens is 327 g/mol. The van der Waals surface area contributed by atoms with Gasteiger partial charge < -0.3 is 14.4 Å². The zero-order valence-corrected chi connectivity index (χ0v) is 14.5. The third-order valence-corrected chi connectivity index (χ3v) is 3.89. The van der Waals surface area contributed by atoms with Crippen molar-refractivity contribution in [1.29, 1.82) is 0 Å². The number of methoxy groups -OCH3 is 1. The average Bonchev–Trinajstić information content (AvgIpc) is 3.03. The smallest absolute Gasteiger partial charge is 0.276 e. The van der Waals surface area contributed by atoms with E-state index in [1.165, 1.54) is 23.1 Å². The van der Waals surface area contributed by atoms with E-state index in [0.29, 0.717) is 25.4 Å². The first kappa shape index (κ1) is 17.5. The third kappa shape index (κ3) is 4.02. The Morgan fingerprint density at radius 3 is 2.80 bits per heavy atom. The van der Waals surface area contributed by atoms with Gasteiger partial charge in [-0.25, -0.2) is 4.39 Å². The standard InChI is InChI=1S/C17H21FN4O3/c1-17(2)11-21(9-14(25-17)10-24-3)16(23)15-8-19-22(20-15)13-6-4-12(18)5-7-13/h4-8,14H,9-11H2,1-3H3. The summed E-state index contributed by atoms with van der Waals surface area (Å²) in [6.45, 7) is 5.17. The fourth-order valence-electron chi connectivity index (χ4n) is 2.94. The number of morpholine rings is 1. The van der Waals surface area contributed by atoms with Crippen molar-refractivity contribution < 1.29 is 18.7 Å². The molecule has 1 saturated heterocycles. The van der Waals surface area contributed by atoms with Crippen LogP contribution in [0.4, 0.5) is 4.39 Å². The number of carbonyl (C=O) groups excluding carboxylic acids is 1. The van der Waals surface area contributed by atoms with Crippen LogP contribution >= 0.6 is 0 Å². The van der Waals surface area contributed by atoms with Gasteiger partial charge in [-0.05, 0) is 38.1 Å². The van der Waals surface area contributed by atoms with Crippen molar-refractivity contribution in [2.45, 2.75) is 25.6 Å². The molecule has 1 unspecified atom stereocenters. The Morgan fingerprint density at radius 2 is 2.12 bits per heavy atom. The Bertz CT molecular complexity index is 745. The number of halogens is 1. The van der Waals surface area contributed by atoms with Crippen LogP contribution in [-0.2, 0) is 9.47 Å². The second kappa shape index (κ2) is 6.89. The zero-order chi connectivity index (χ0) is 18.0. The highest BCUT2D eigenvalue weighted by Gasteiger charge is 2.36. The lowest BCUT2D eigenvalue weighted by Gasteiger charge is -2.42.